The van der Waals surface area contributed by atoms with Crippen LogP contribution in [0.1, 0.15) is 37.7 Å². The van der Waals surface area contributed by atoms with Crippen molar-refractivity contribution in [1.29, 1.82) is 0 Å². The smallest absolute Gasteiger partial charge is 0.336 e. The van der Waals surface area contributed by atoms with Crippen LogP contribution in [-0.4, -0.2) is 5.97 Å². The van der Waals surface area contributed by atoms with E-state index >= 15 is 0 Å². The summed E-state index contributed by atoms with van der Waals surface area (Å²) in [5.74, 6) is -0.123. The summed E-state index contributed by atoms with van der Waals surface area (Å²) in [5.41, 5.74) is 2.70. The lowest BCUT2D eigenvalue weighted by molar-refractivity contribution is -0.129. The maximum atomic E-state index is 13.3. The van der Waals surface area contributed by atoms with Crippen LogP contribution in [0.2, 0.25) is 0 Å². The summed E-state index contributed by atoms with van der Waals surface area (Å²) in [5, 5.41) is 0.359. The Morgan fingerprint density at radius 3 is 2.44 bits per heavy atom. The zero-order chi connectivity index (χ0) is 22.9. The number of ether oxygens (including phenoxy) is 1. The first-order valence-electron chi connectivity index (χ1n) is 10.3. The molecular weight excluding hydrogens is 404 g/mol. The second-order valence-corrected chi connectivity index (χ2v) is 8.69. The van der Waals surface area contributed by atoms with Crippen LogP contribution < -0.4 is 10.2 Å². The SMILES string of the molecule is Cc1ccc2oc(-c3ccc(C(C)(C)C)cc3)c(OC(=O)/C=C/c3ccco3)c(=O)c2c1. The van der Waals surface area contributed by atoms with E-state index in [2.05, 4.69) is 20.8 Å². The van der Waals surface area contributed by atoms with Crippen molar-refractivity contribution in [2.45, 2.75) is 33.1 Å². The Balaban J connectivity index is 1.81. The molecule has 0 N–H and O–H groups in total. The molecule has 2 aromatic carbocycles. The number of carbonyl (C=O) groups is 1. The minimum Gasteiger partial charge on any atom is -0.465 e. The lowest BCUT2D eigenvalue weighted by atomic mass is 9.86. The first kappa shape index (κ1) is 21.4. The molecule has 0 unspecified atom stereocenters. The minimum atomic E-state index is -0.701. The van der Waals surface area contributed by atoms with E-state index in [0.717, 1.165) is 11.1 Å². The van der Waals surface area contributed by atoms with Crippen molar-refractivity contribution in [1.82, 2.24) is 0 Å². The van der Waals surface area contributed by atoms with Gasteiger partial charge in [0.05, 0.1) is 11.6 Å². The number of aryl methyl sites for hydroxylation is 1. The van der Waals surface area contributed by atoms with Gasteiger partial charge in [0.2, 0.25) is 11.2 Å². The first-order chi connectivity index (χ1) is 15.2. The molecule has 0 bridgehead atoms. The molecule has 32 heavy (non-hydrogen) atoms. The lowest BCUT2D eigenvalue weighted by Crippen LogP contribution is -2.14. The number of carbonyl (C=O) groups excluding carboxylic acids is 1. The largest absolute Gasteiger partial charge is 0.465 e. The van der Waals surface area contributed by atoms with E-state index in [1.807, 2.05) is 37.3 Å². The van der Waals surface area contributed by atoms with Crippen molar-refractivity contribution in [3.63, 3.8) is 0 Å². The number of esters is 1. The molecule has 2 aromatic heterocycles. The average Bonchev–Trinajstić information content (AvgIpc) is 3.28. The fourth-order valence-electron chi connectivity index (χ4n) is 3.37. The van der Waals surface area contributed by atoms with Gasteiger partial charge in [-0.1, -0.05) is 56.7 Å². The summed E-state index contributed by atoms with van der Waals surface area (Å²) in [6.07, 6.45) is 4.20. The van der Waals surface area contributed by atoms with Gasteiger partial charge in [-0.15, -0.1) is 0 Å². The fourth-order valence-corrected chi connectivity index (χ4v) is 3.37. The second kappa shape index (κ2) is 8.35. The maximum absolute atomic E-state index is 13.3. The van der Waals surface area contributed by atoms with Crippen molar-refractivity contribution < 1.29 is 18.4 Å². The number of benzene rings is 2. The van der Waals surface area contributed by atoms with Gasteiger partial charge in [-0.25, -0.2) is 4.79 Å². The summed E-state index contributed by atoms with van der Waals surface area (Å²) in [6.45, 7) is 8.26. The third kappa shape index (κ3) is 4.42. The molecule has 0 saturated carbocycles. The van der Waals surface area contributed by atoms with E-state index in [1.165, 1.54) is 18.4 Å². The van der Waals surface area contributed by atoms with Gasteiger partial charge in [-0.05, 0) is 48.2 Å². The standard InChI is InChI=1S/C27H24O5/c1-17-7-13-22-21(16-17)24(29)26(32-23(28)14-12-20-6-5-15-30-20)25(31-22)18-8-10-19(11-9-18)27(2,3)4/h5-16H,1-4H3/b14-12+. The summed E-state index contributed by atoms with van der Waals surface area (Å²) < 4.78 is 16.8. The molecule has 0 aliphatic rings. The number of furan rings is 1. The number of hydrogen-bond acceptors (Lipinski definition) is 5. The first-order valence-corrected chi connectivity index (χ1v) is 10.3. The molecule has 0 radical (unpaired) electrons. The average molecular weight is 428 g/mol. The Morgan fingerprint density at radius 1 is 1.03 bits per heavy atom. The molecule has 5 nitrogen and oxygen atoms in total. The number of rotatable bonds is 4. The minimum absolute atomic E-state index is 0.0216. The van der Waals surface area contributed by atoms with Gasteiger partial charge < -0.3 is 13.6 Å². The van der Waals surface area contributed by atoms with Gasteiger partial charge in [-0.2, -0.15) is 0 Å². The Kier molecular flexibility index (Phi) is 5.57. The molecular formula is C27H24O5. The maximum Gasteiger partial charge on any atom is 0.336 e. The van der Waals surface area contributed by atoms with E-state index in [9.17, 15) is 9.59 Å². The molecule has 0 spiro atoms. The van der Waals surface area contributed by atoms with E-state index in [0.29, 0.717) is 22.3 Å². The van der Waals surface area contributed by atoms with Gasteiger partial charge in [0.1, 0.15) is 11.3 Å². The summed E-state index contributed by atoms with van der Waals surface area (Å²) in [4.78, 5) is 25.8. The predicted molar refractivity (Wildman–Crippen MR) is 125 cm³/mol. The van der Waals surface area contributed by atoms with Crippen LogP contribution in [-0.2, 0) is 10.2 Å². The van der Waals surface area contributed by atoms with Crippen molar-refractivity contribution >= 4 is 23.0 Å². The Hall–Kier alpha value is -3.86. The number of fused-ring (bicyclic) bond motifs is 1. The molecule has 2 heterocycles. The quantitative estimate of drug-likeness (QED) is 0.283. The topological polar surface area (TPSA) is 69.7 Å². The molecule has 0 atom stereocenters. The predicted octanol–water partition coefficient (Wildman–Crippen LogP) is 6.28. The molecule has 0 aliphatic carbocycles. The Bertz CT molecular complexity index is 1350. The molecule has 0 saturated heterocycles. The highest BCUT2D eigenvalue weighted by atomic mass is 16.5. The third-order valence-electron chi connectivity index (χ3n) is 5.15. The zero-order valence-corrected chi connectivity index (χ0v) is 18.5. The monoisotopic (exact) mass is 428 g/mol. The van der Waals surface area contributed by atoms with Crippen LogP contribution in [0.5, 0.6) is 5.75 Å². The van der Waals surface area contributed by atoms with Gasteiger partial charge >= 0.3 is 5.97 Å². The van der Waals surface area contributed by atoms with Crippen molar-refractivity contribution in [3.05, 3.63) is 94.0 Å². The highest BCUT2D eigenvalue weighted by Crippen LogP contribution is 2.33. The van der Waals surface area contributed by atoms with Crippen LogP contribution in [0.25, 0.3) is 28.4 Å². The third-order valence-corrected chi connectivity index (χ3v) is 5.15. The van der Waals surface area contributed by atoms with Crippen molar-refractivity contribution in [2.75, 3.05) is 0 Å². The fraction of sp³-hybridized carbons (Fsp3) is 0.185. The van der Waals surface area contributed by atoms with Gasteiger partial charge in [-0.3, -0.25) is 4.79 Å². The molecule has 0 fully saturated rings. The summed E-state index contributed by atoms with van der Waals surface area (Å²) >= 11 is 0. The Labute approximate surface area is 185 Å². The van der Waals surface area contributed by atoms with Gasteiger partial charge in [0.15, 0.2) is 5.76 Å². The number of hydrogen-bond donors (Lipinski definition) is 0. The van der Waals surface area contributed by atoms with E-state index in [-0.39, 0.29) is 16.9 Å². The van der Waals surface area contributed by atoms with E-state index in [1.54, 1.807) is 24.3 Å². The van der Waals surface area contributed by atoms with Crippen LogP contribution in [0.3, 0.4) is 0 Å². The molecule has 162 valence electrons. The van der Waals surface area contributed by atoms with Crippen molar-refractivity contribution in [2.24, 2.45) is 0 Å². The highest BCUT2D eigenvalue weighted by Gasteiger charge is 2.21. The summed E-state index contributed by atoms with van der Waals surface area (Å²) in [7, 11) is 0. The molecule has 4 rings (SSSR count). The van der Waals surface area contributed by atoms with Crippen LogP contribution in [0.4, 0.5) is 0 Å². The van der Waals surface area contributed by atoms with Gasteiger partial charge in [0, 0.05) is 11.6 Å². The molecule has 4 aromatic rings. The molecule has 5 heteroatoms. The molecule has 0 aliphatic heterocycles. The second-order valence-electron chi connectivity index (χ2n) is 8.69. The normalized spacial score (nSPS) is 11.9. The van der Waals surface area contributed by atoms with Crippen LogP contribution in [0, 0.1) is 6.92 Å². The molecule has 0 amide bonds. The zero-order valence-electron chi connectivity index (χ0n) is 18.5. The summed E-state index contributed by atoms with van der Waals surface area (Å²) in [6, 6.07) is 16.5. The Morgan fingerprint density at radius 2 is 1.78 bits per heavy atom. The van der Waals surface area contributed by atoms with Gasteiger partial charge in [0.25, 0.3) is 0 Å². The van der Waals surface area contributed by atoms with Crippen LogP contribution in [0.15, 0.2) is 80.6 Å². The highest BCUT2D eigenvalue weighted by molar-refractivity contribution is 5.90. The van der Waals surface area contributed by atoms with E-state index in [4.69, 9.17) is 13.6 Å². The lowest BCUT2D eigenvalue weighted by Gasteiger charge is -2.19. The van der Waals surface area contributed by atoms with E-state index < -0.39 is 11.4 Å². The van der Waals surface area contributed by atoms with Crippen LogP contribution >= 0.6 is 0 Å². The van der Waals surface area contributed by atoms with Crippen molar-refractivity contribution in [3.8, 4) is 17.1 Å².